The average Bonchev–Trinajstić information content (AvgIpc) is 2.74. The number of anilines is 3. The molecule has 0 aliphatic carbocycles. The van der Waals surface area contributed by atoms with Gasteiger partial charge in [0, 0.05) is 57.2 Å². The lowest BCUT2D eigenvalue weighted by Crippen LogP contribution is -2.47. The highest BCUT2D eigenvalue weighted by atomic mass is 15.3. The lowest BCUT2D eigenvalue weighted by atomic mass is 10.00. The molecule has 2 aromatic heterocycles. The molecule has 2 fully saturated rings. The van der Waals surface area contributed by atoms with Gasteiger partial charge in [-0.25, -0.2) is 19.9 Å². The van der Waals surface area contributed by atoms with Gasteiger partial charge in [-0.05, 0) is 38.7 Å². The molecule has 4 rings (SSSR count). The molecule has 0 aromatic carbocycles. The Kier molecular flexibility index (Phi) is 5.36. The summed E-state index contributed by atoms with van der Waals surface area (Å²) < 4.78 is 0. The summed E-state index contributed by atoms with van der Waals surface area (Å²) in [6.45, 7) is 9.05. The molecule has 0 N–H and O–H groups in total. The Hall–Kier alpha value is -2.44. The number of hydrogen-bond donors (Lipinski definition) is 0. The van der Waals surface area contributed by atoms with Crippen molar-refractivity contribution in [2.75, 3.05) is 47.4 Å². The van der Waals surface area contributed by atoms with Crippen LogP contribution in [-0.2, 0) is 0 Å². The molecule has 7 heteroatoms. The smallest absolute Gasteiger partial charge is 0.225 e. The highest BCUT2D eigenvalue weighted by Gasteiger charge is 2.25. The van der Waals surface area contributed by atoms with Gasteiger partial charge in [0.1, 0.15) is 17.5 Å². The van der Waals surface area contributed by atoms with Gasteiger partial charge in [-0.2, -0.15) is 0 Å². The van der Waals surface area contributed by atoms with E-state index in [1.165, 1.54) is 25.7 Å². The van der Waals surface area contributed by atoms with E-state index < -0.39 is 0 Å². The van der Waals surface area contributed by atoms with Crippen LogP contribution in [0.2, 0.25) is 0 Å². The van der Waals surface area contributed by atoms with Crippen LogP contribution in [0.4, 0.5) is 17.6 Å². The molecule has 144 valence electrons. The van der Waals surface area contributed by atoms with E-state index >= 15 is 0 Å². The van der Waals surface area contributed by atoms with Crippen LogP contribution in [0.25, 0.3) is 0 Å². The lowest BCUT2D eigenvalue weighted by Gasteiger charge is -2.38. The van der Waals surface area contributed by atoms with Crippen LogP contribution in [0.1, 0.15) is 38.4 Å². The van der Waals surface area contributed by atoms with Gasteiger partial charge >= 0.3 is 0 Å². The number of aromatic nitrogens is 4. The Labute approximate surface area is 161 Å². The molecule has 2 aliphatic rings. The molecule has 0 saturated carbocycles. The number of rotatable bonds is 4. The molecule has 0 radical (unpaired) electrons. The second kappa shape index (κ2) is 8.06. The molecule has 1 atom stereocenters. The Morgan fingerprint density at radius 2 is 1.63 bits per heavy atom. The number of piperidine rings is 1. The molecule has 0 bridgehead atoms. The van der Waals surface area contributed by atoms with Gasteiger partial charge in [0.2, 0.25) is 5.95 Å². The van der Waals surface area contributed by atoms with E-state index in [9.17, 15) is 0 Å². The van der Waals surface area contributed by atoms with Crippen LogP contribution in [0, 0.1) is 6.92 Å². The van der Waals surface area contributed by atoms with Crippen molar-refractivity contribution >= 4 is 17.6 Å². The van der Waals surface area contributed by atoms with Crippen LogP contribution in [-0.4, -0.2) is 58.7 Å². The fourth-order valence-corrected chi connectivity index (χ4v) is 4.16. The van der Waals surface area contributed by atoms with Crippen molar-refractivity contribution in [3.05, 3.63) is 30.4 Å². The summed E-state index contributed by atoms with van der Waals surface area (Å²) in [4.78, 5) is 25.4. The highest BCUT2D eigenvalue weighted by molar-refractivity contribution is 5.53. The van der Waals surface area contributed by atoms with Crippen molar-refractivity contribution in [3.8, 4) is 0 Å². The molecule has 7 nitrogen and oxygen atoms in total. The molecule has 0 amide bonds. The monoisotopic (exact) mass is 367 g/mol. The molecule has 2 aliphatic heterocycles. The van der Waals surface area contributed by atoms with Gasteiger partial charge in [0.25, 0.3) is 0 Å². The summed E-state index contributed by atoms with van der Waals surface area (Å²) >= 11 is 0. The molecule has 2 aromatic rings. The van der Waals surface area contributed by atoms with E-state index in [-0.39, 0.29) is 0 Å². The third-order valence-electron chi connectivity index (χ3n) is 5.64. The third-order valence-corrected chi connectivity index (χ3v) is 5.64. The largest absolute Gasteiger partial charge is 0.353 e. The number of nitrogens with zero attached hydrogens (tertiary/aromatic N) is 7. The SMILES string of the molecule is CCC1CCCCN1c1cc(N2CCN(c3ncccn3)CC2)nc(C)n1. The zero-order valence-corrected chi connectivity index (χ0v) is 16.4. The minimum Gasteiger partial charge on any atom is -0.353 e. The van der Waals surface area contributed by atoms with E-state index in [1.807, 2.05) is 13.0 Å². The fraction of sp³-hybridized carbons (Fsp3) is 0.600. The summed E-state index contributed by atoms with van der Waals surface area (Å²) in [6, 6.07) is 4.65. The highest BCUT2D eigenvalue weighted by Crippen LogP contribution is 2.28. The van der Waals surface area contributed by atoms with Crippen molar-refractivity contribution in [1.29, 1.82) is 0 Å². The maximum atomic E-state index is 4.77. The van der Waals surface area contributed by atoms with E-state index in [2.05, 4.69) is 37.7 Å². The van der Waals surface area contributed by atoms with Gasteiger partial charge < -0.3 is 14.7 Å². The van der Waals surface area contributed by atoms with Gasteiger partial charge in [-0.1, -0.05) is 6.92 Å². The maximum Gasteiger partial charge on any atom is 0.225 e. The molecular formula is C20H29N7. The number of hydrogen-bond acceptors (Lipinski definition) is 7. The van der Waals surface area contributed by atoms with Gasteiger partial charge in [-0.3, -0.25) is 0 Å². The summed E-state index contributed by atoms with van der Waals surface area (Å²) in [7, 11) is 0. The molecule has 2 saturated heterocycles. The minimum absolute atomic E-state index is 0.605. The summed E-state index contributed by atoms with van der Waals surface area (Å²) in [5, 5.41) is 0. The van der Waals surface area contributed by atoms with E-state index in [4.69, 9.17) is 9.97 Å². The molecule has 1 unspecified atom stereocenters. The summed E-state index contributed by atoms with van der Waals surface area (Å²) in [5.41, 5.74) is 0. The van der Waals surface area contributed by atoms with Crippen LogP contribution in [0.15, 0.2) is 24.5 Å². The van der Waals surface area contributed by atoms with Gasteiger partial charge in [0.05, 0.1) is 0 Å². The normalized spacial score (nSPS) is 20.8. The number of piperazine rings is 1. The molecule has 0 spiro atoms. The first kappa shape index (κ1) is 17.9. The summed E-state index contributed by atoms with van der Waals surface area (Å²) in [6.07, 6.45) is 8.63. The fourth-order valence-electron chi connectivity index (χ4n) is 4.16. The van der Waals surface area contributed by atoms with Crippen molar-refractivity contribution in [3.63, 3.8) is 0 Å². The van der Waals surface area contributed by atoms with Crippen LogP contribution < -0.4 is 14.7 Å². The van der Waals surface area contributed by atoms with Crippen molar-refractivity contribution in [2.45, 2.75) is 45.6 Å². The van der Waals surface area contributed by atoms with Crippen molar-refractivity contribution in [2.24, 2.45) is 0 Å². The van der Waals surface area contributed by atoms with Gasteiger partial charge in [0.15, 0.2) is 0 Å². The lowest BCUT2D eigenvalue weighted by molar-refractivity contribution is 0.446. The Balaban J connectivity index is 1.49. The van der Waals surface area contributed by atoms with E-state index in [0.717, 1.165) is 56.1 Å². The first-order valence-electron chi connectivity index (χ1n) is 10.1. The van der Waals surface area contributed by atoms with Crippen molar-refractivity contribution < 1.29 is 0 Å². The van der Waals surface area contributed by atoms with E-state index in [1.54, 1.807) is 12.4 Å². The summed E-state index contributed by atoms with van der Waals surface area (Å²) in [5.74, 6) is 3.82. The van der Waals surface area contributed by atoms with Crippen LogP contribution in [0.3, 0.4) is 0 Å². The standard InChI is InChI=1S/C20H29N7/c1-3-17-7-4-5-10-27(17)19-15-18(23-16(2)24-19)25-11-13-26(14-12-25)20-21-8-6-9-22-20/h6,8-9,15,17H,3-5,7,10-14H2,1-2H3. The van der Waals surface area contributed by atoms with E-state index in [0.29, 0.717) is 6.04 Å². The average molecular weight is 368 g/mol. The van der Waals surface area contributed by atoms with Crippen molar-refractivity contribution in [1.82, 2.24) is 19.9 Å². The van der Waals surface area contributed by atoms with Gasteiger partial charge in [-0.15, -0.1) is 0 Å². The Morgan fingerprint density at radius 3 is 2.37 bits per heavy atom. The second-order valence-electron chi connectivity index (χ2n) is 7.41. The zero-order valence-electron chi connectivity index (χ0n) is 16.4. The quantitative estimate of drug-likeness (QED) is 0.823. The molecule has 27 heavy (non-hydrogen) atoms. The molecule has 4 heterocycles. The van der Waals surface area contributed by atoms with Crippen LogP contribution in [0.5, 0.6) is 0 Å². The zero-order chi connectivity index (χ0) is 18.6. The number of aryl methyl sites for hydroxylation is 1. The third kappa shape index (κ3) is 3.96. The second-order valence-corrected chi connectivity index (χ2v) is 7.41. The van der Waals surface area contributed by atoms with Crippen LogP contribution >= 0.6 is 0 Å². The predicted molar refractivity (Wildman–Crippen MR) is 109 cm³/mol. The first-order chi connectivity index (χ1) is 13.2. The first-order valence-corrected chi connectivity index (χ1v) is 10.1. The topological polar surface area (TPSA) is 61.3 Å². The Morgan fingerprint density at radius 1 is 0.926 bits per heavy atom. The predicted octanol–water partition coefficient (Wildman–Crippen LogP) is 2.67. The Bertz CT molecular complexity index is 743. The minimum atomic E-state index is 0.605. The molecular weight excluding hydrogens is 338 g/mol. The maximum absolute atomic E-state index is 4.77.